The standard InChI is InChI=1S/C16H20O.2ClH.Ti/c1-11-9-12(2)14(10-11)13-7-5-6-8-15(13)16(3,4)17;;;/h5-9,17H,10H2,1-4H3;2*1H;/q;;;+2/p-2. The first kappa shape index (κ1) is 22.2. The minimum Gasteiger partial charge on any atom is -1.00 e. The first-order chi connectivity index (χ1) is 7.89. The van der Waals surface area contributed by atoms with Gasteiger partial charge in [0.05, 0.1) is 5.60 Å². The van der Waals surface area contributed by atoms with Crippen LogP contribution >= 0.6 is 0 Å². The second-order valence-corrected chi connectivity index (χ2v) is 5.43. The molecular weight excluding hydrogens is 327 g/mol. The van der Waals surface area contributed by atoms with E-state index < -0.39 is 5.60 Å². The van der Waals surface area contributed by atoms with E-state index in [1.54, 1.807) is 0 Å². The predicted octanol–water partition coefficient (Wildman–Crippen LogP) is -1.96. The molecule has 1 N–H and O–H groups in total. The van der Waals surface area contributed by atoms with Crippen LogP contribution in [0.3, 0.4) is 0 Å². The van der Waals surface area contributed by atoms with Crippen LogP contribution in [0.1, 0.15) is 45.2 Å². The number of hydrogen-bond donors (Lipinski definition) is 1. The Morgan fingerprint density at radius 2 is 1.60 bits per heavy atom. The van der Waals surface area contributed by atoms with Crippen molar-refractivity contribution in [1.29, 1.82) is 0 Å². The zero-order chi connectivity index (χ0) is 12.6. The molecular formula is C16H20Cl2OTi. The van der Waals surface area contributed by atoms with Crippen LogP contribution in [0.2, 0.25) is 0 Å². The van der Waals surface area contributed by atoms with Crippen molar-refractivity contribution in [2.45, 2.75) is 39.7 Å². The Labute approximate surface area is 149 Å². The molecule has 0 amide bonds. The van der Waals surface area contributed by atoms with Gasteiger partial charge in [0.2, 0.25) is 0 Å². The zero-order valence-electron chi connectivity index (χ0n) is 12.3. The second-order valence-electron chi connectivity index (χ2n) is 5.43. The quantitative estimate of drug-likeness (QED) is 0.617. The second kappa shape index (κ2) is 8.41. The van der Waals surface area contributed by atoms with Crippen LogP contribution in [-0.4, -0.2) is 5.11 Å². The fourth-order valence-electron chi connectivity index (χ4n) is 2.51. The van der Waals surface area contributed by atoms with E-state index in [4.69, 9.17) is 0 Å². The molecule has 0 saturated heterocycles. The van der Waals surface area contributed by atoms with Gasteiger partial charge in [-0.15, -0.1) is 0 Å². The molecule has 4 heteroatoms. The van der Waals surface area contributed by atoms with Crippen molar-refractivity contribution in [2.24, 2.45) is 0 Å². The molecule has 1 aromatic rings. The van der Waals surface area contributed by atoms with E-state index in [1.165, 1.54) is 22.3 Å². The first-order valence-electron chi connectivity index (χ1n) is 6.09. The van der Waals surface area contributed by atoms with Crippen molar-refractivity contribution >= 4 is 5.57 Å². The van der Waals surface area contributed by atoms with Gasteiger partial charge in [0.25, 0.3) is 0 Å². The Kier molecular flexibility index (Phi) is 9.35. The summed E-state index contributed by atoms with van der Waals surface area (Å²) in [5.41, 5.74) is 5.46. The molecule has 0 heterocycles. The molecule has 108 valence electrons. The normalized spacial score (nSPS) is 13.9. The zero-order valence-corrected chi connectivity index (χ0v) is 15.4. The SMILES string of the molecule is CC1=CC(C)=C(c2ccccc2C(C)(C)O)C1.[Cl-].[Cl-].[Ti+2]. The third-order valence-corrected chi connectivity index (χ3v) is 3.31. The third kappa shape index (κ3) is 4.75. The van der Waals surface area contributed by atoms with Crippen LogP contribution in [-0.2, 0) is 27.3 Å². The predicted molar refractivity (Wildman–Crippen MR) is 72.7 cm³/mol. The minimum atomic E-state index is -0.791. The van der Waals surface area contributed by atoms with Gasteiger partial charge < -0.3 is 29.9 Å². The molecule has 1 nitrogen and oxygen atoms in total. The first-order valence-corrected chi connectivity index (χ1v) is 6.09. The van der Waals surface area contributed by atoms with Crippen molar-refractivity contribution in [3.8, 4) is 0 Å². The summed E-state index contributed by atoms with van der Waals surface area (Å²) in [6.45, 7) is 7.99. The number of benzene rings is 1. The fourth-order valence-corrected chi connectivity index (χ4v) is 2.51. The van der Waals surface area contributed by atoms with Gasteiger partial charge in [-0.3, -0.25) is 0 Å². The Hall–Kier alpha value is -0.0457. The molecule has 0 unspecified atom stereocenters. The molecule has 0 aliphatic heterocycles. The molecule has 0 spiro atoms. The monoisotopic (exact) mass is 346 g/mol. The maximum atomic E-state index is 10.2. The number of rotatable bonds is 2. The molecule has 1 aliphatic carbocycles. The van der Waals surface area contributed by atoms with Gasteiger partial charge in [0.15, 0.2) is 0 Å². The van der Waals surface area contributed by atoms with Crippen LogP contribution in [0.15, 0.2) is 41.5 Å². The van der Waals surface area contributed by atoms with Crippen LogP contribution in [0, 0.1) is 0 Å². The van der Waals surface area contributed by atoms with Gasteiger partial charge in [-0.1, -0.05) is 35.9 Å². The van der Waals surface area contributed by atoms with Gasteiger partial charge in [-0.25, -0.2) is 0 Å². The Morgan fingerprint density at radius 3 is 2.05 bits per heavy atom. The van der Waals surface area contributed by atoms with E-state index in [-0.39, 0.29) is 46.5 Å². The van der Waals surface area contributed by atoms with Crippen LogP contribution in [0.5, 0.6) is 0 Å². The van der Waals surface area contributed by atoms with Crippen molar-refractivity contribution in [3.63, 3.8) is 0 Å². The molecule has 0 aromatic heterocycles. The molecule has 1 aliphatic rings. The smallest absolute Gasteiger partial charge is 1.00 e. The van der Waals surface area contributed by atoms with Gasteiger partial charge in [0, 0.05) is 0 Å². The molecule has 20 heavy (non-hydrogen) atoms. The molecule has 0 atom stereocenters. The van der Waals surface area contributed by atoms with Crippen LogP contribution < -0.4 is 24.8 Å². The van der Waals surface area contributed by atoms with Gasteiger partial charge >= 0.3 is 21.7 Å². The van der Waals surface area contributed by atoms with E-state index in [9.17, 15) is 5.11 Å². The van der Waals surface area contributed by atoms with E-state index in [2.05, 4.69) is 26.0 Å². The molecule has 0 radical (unpaired) electrons. The summed E-state index contributed by atoms with van der Waals surface area (Å²) in [4.78, 5) is 0. The van der Waals surface area contributed by atoms with E-state index in [1.807, 2.05) is 32.0 Å². The van der Waals surface area contributed by atoms with E-state index >= 15 is 0 Å². The summed E-state index contributed by atoms with van der Waals surface area (Å²) in [7, 11) is 0. The summed E-state index contributed by atoms with van der Waals surface area (Å²) in [5.74, 6) is 0. The maximum absolute atomic E-state index is 10.2. The van der Waals surface area contributed by atoms with Crippen molar-refractivity contribution < 1.29 is 51.6 Å². The summed E-state index contributed by atoms with van der Waals surface area (Å²) in [6, 6.07) is 8.16. The number of halogens is 2. The van der Waals surface area contributed by atoms with E-state index in [0.29, 0.717) is 0 Å². The Bertz CT molecular complexity index is 513. The van der Waals surface area contributed by atoms with E-state index in [0.717, 1.165) is 12.0 Å². The van der Waals surface area contributed by atoms with Crippen molar-refractivity contribution in [2.75, 3.05) is 0 Å². The summed E-state index contributed by atoms with van der Waals surface area (Å²) in [5, 5.41) is 10.2. The van der Waals surface area contributed by atoms with Gasteiger partial charge in [0.1, 0.15) is 0 Å². The van der Waals surface area contributed by atoms with Gasteiger partial charge in [-0.05, 0) is 56.4 Å². The largest absolute Gasteiger partial charge is 2.00 e. The molecule has 0 bridgehead atoms. The number of allylic oxidation sites excluding steroid dienone is 4. The third-order valence-electron chi connectivity index (χ3n) is 3.31. The minimum absolute atomic E-state index is 0. The average molecular weight is 347 g/mol. The number of hydrogen-bond acceptors (Lipinski definition) is 1. The summed E-state index contributed by atoms with van der Waals surface area (Å²) in [6.07, 6.45) is 3.23. The molecule has 2 rings (SSSR count). The topological polar surface area (TPSA) is 20.2 Å². The van der Waals surface area contributed by atoms with Crippen molar-refractivity contribution in [1.82, 2.24) is 0 Å². The maximum Gasteiger partial charge on any atom is 2.00 e. The summed E-state index contributed by atoms with van der Waals surface area (Å²) >= 11 is 0. The Balaban J connectivity index is 0. The average Bonchev–Trinajstić information content (AvgIpc) is 2.56. The molecule has 0 fully saturated rings. The van der Waals surface area contributed by atoms with Gasteiger partial charge in [-0.2, -0.15) is 0 Å². The number of aliphatic hydroxyl groups is 1. The Morgan fingerprint density at radius 1 is 1.05 bits per heavy atom. The van der Waals surface area contributed by atoms with Crippen molar-refractivity contribution in [3.05, 3.63) is 52.6 Å². The van der Waals surface area contributed by atoms with Crippen LogP contribution in [0.25, 0.3) is 5.57 Å². The van der Waals surface area contributed by atoms with Crippen LogP contribution in [0.4, 0.5) is 0 Å². The fraction of sp³-hybridized carbons (Fsp3) is 0.375. The summed E-state index contributed by atoms with van der Waals surface area (Å²) < 4.78 is 0. The molecule has 0 saturated carbocycles. The molecule has 1 aromatic carbocycles.